The van der Waals surface area contributed by atoms with E-state index in [4.69, 9.17) is 4.42 Å². The summed E-state index contributed by atoms with van der Waals surface area (Å²) in [7, 11) is 0. The van der Waals surface area contributed by atoms with Gasteiger partial charge in [-0.2, -0.15) is 0 Å². The predicted molar refractivity (Wildman–Crippen MR) is 75.7 cm³/mol. The van der Waals surface area contributed by atoms with Crippen molar-refractivity contribution in [2.24, 2.45) is 0 Å². The van der Waals surface area contributed by atoms with E-state index in [0.717, 1.165) is 19.4 Å². The van der Waals surface area contributed by atoms with E-state index in [2.05, 4.69) is 10.3 Å². The Morgan fingerprint density at radius 1 is 1.35 bits per heavy atom. The highest BCUT2D eigenvalue weighted by Crippen LogP contribution is 2.30. The summed E-state index contributed by atoms with van der Waals surface area (Å²) in [5, 5.41) is 3.62. The maximum Gasteiger partial charge on any atom is 0.291 e. The van der Waals surface area contributed by atoms with Crippen LogP contribution in [0.25, 0.3) is 0 Å². The Kier molecular flexibility index (Phi) is 3.54. The summed E-state index contributed by atoms with van der Waals surface area (Å²) in [6, 6.07) is 1.49. The number of hydrogen-bond acceptors (Lipinski definition) is 4. The molecule has 0 radical (unpaired) electrons. The maximum atomic E-state index is 12.7. The molecule has 0 aromatic carbocycles. The van der Waals surface area contributed by atoms with Crippen LogP contribution in [0.5, 0.6) is 0 Å². The lowest BCUT2D eigenvalue weighted by atomic mass is 9.98. The zero-order chi connectivity index (χ0) is 14.3. The van der Waals surface area contributed by atoms with E-state index in [1.165, 1.54) is 12.8 Å². The van der Waals surface area contributed by atoms with Crippen LogP contribution in [0.3, 0.4) is 0 Å². The number of nitrogens with zero attached hydrogens (tertiary/aromatic N) is 2. The second-order valence-corrected chi connectivity index (χ2v) is 6.00. The molecule has 1 N–H and O–H groups in total. The van der Waals surface area contributed by atoms with Gasteiger partial charge in [-0.15, -0.1) is 0 Å². The summed E-state index contributed by atoms with van der Waals surface area (Å²) in [6.45, 7) is 6.39. The van der Waals surface area contributed by atoms with Gasteiger partial charge in [0.15, 0.2) is 5.89 Å². The number of aromatic nitrogens is 1. The Labute approximate surface area is 119 Å². The van der Waals surface area contributed by atoms with Gasteiger partial charge in [0.25, 0.3) is 5.91 Å². The largest absolute Gasteiger partial charge is 0.436 e. The van der Waals surface area contributed by atoms with Crippen molar-refractivity contribution in [2.75, 3.05) is 6.54 Å². The third-order valence-corrected chi connectivity index (χ3v) is 4.59. The quantitative estimate of drug-likeness (QED) is 0.918. The van der Waals surface area contributed by atoms with E-state index in [-0.39, 0.29) is 5.91 Å². The van der Waals surface area contributed by atoms with Gasteiger partial charge in [-0.05, 0) is 39.5 Å². The van der Waals surface area contributed by atoms with Crippen molar-refractivity contribution in [3.63, 3.8) is 0 Å². The second kappa shape index (κ2) is 5.20. The monoisotopic (exact) mass is 277 g/mol. The Morgan fingerprint density at radius 2 is 2.00 bits per heavy atom. The van der Waals surface area contributed by atoms with E-state index in [9.17, 15) is 4.79 Å². The average molecular weight is 277 g/mol. The lowest BCUT2D eigenvalue weighted by Gasteiger charge is -2.36. The fourth-order valence-electron chi connectivity index (χ4n) is 3.71. The van der Waals surface area contributed by atoms with Crippen LogP contribution in [0.4, 0.5) is 0 Å². The fourth-order valence-corrected chi connectivity index (χ4v) is 3.71. The zero-order valence-electron chi connectivity index (χ0n) is 12.5. The first kappa shape index (κ1) is 13.6. The highest BCUT2D eigenvalue weighted by Gasteiger charge is 2.38. The number of rotatable bonds is 3. The molecular weight excluding hydrogens is 254 g/mol. The molecule has 2 aliphatic rings. The van der Waals surface area contributed by atoms with E-state index in [1.54, 1.807) is 6.92 Å². The van der Waals surface area contributed by atoms with Crippen LogP contribution < -0.4 is 5.32 Å². The highest BCUT2D eigenvalue weighted by molar-refractivity contribution is 5.92. The molecule has 1 aromatic rings. The molecule has 3 rings (SSSR count). The number of aryl methyl sites for hydroxylation is 2. The standard InChI is InChI=1S/C15H23N3O2/c1-4-18(13-7-11-5-6-12(8-13)17-11)15(19)14-9(2)16-10(3)20-14/h11-13,17H,4-8H2,1-3H3. The van der Waals surface area contributed by atoms with E-state index in [0.29, 0.717) is 35.5 Å². The summed E-state index contributed by atoms with van der Waals surface area (Å²) in [5.41, 5.74) is 0.697. The summed E-state index contributed by atoms with van der Waals surface area (Å²) in [5.74, 6) is 0.972. The Balaban J connectivity index is 1.79. The topological polar surface area (TPSA) is 58.4 Å². The summed E-state index contributed by atoms with van der Waals surface area (Å²) >= 11 is 0. The van der Waals surface area contributed by atoms with Crippen LogP contribution in [-0.4, -0.2) is 40.5 Å². The molecule has 0 spiro atoms. The van der Waals surface area contributed by atoms with Gasteiger partial charge in [-0.25, -0.2) is 4.98 Å². The molecule has 2 fully saturated rings. The highest BCUT2D eigenvalue weighted by atomic mass is 16.4. The first-order valence-corrected chi connectivity index (χ1v) is 7.59. The molecule has 5 heteroatoms. The van der Waals surface area contributed by atoms with Gasteiger partial charge in [0.05, 0.1) is 5.69 Å². The molecule has 2 atom stereocenters. The molecule has 0 saturated carbocycles. The number of carbonyl (C=O) groups excluding carboxylic acids is 1. The van der Waals surface area contributed by atoms with Crippen molar-refractivity contribution in [3.8, 4) is 0 Å². The minimum atomic E-state index is -0.00287. The Hall–Kier alpha value is -1.36. The van der Waals surface area contributed by atoms with E-state index >= 15 is 0 Å². The molecule has 5 nitrogen and oxygen atoms in total. The predicted octanol–water partition coefficient (Wildman–Crippen LogP) is 2.04. The molecule has 2 aliphatic heterocycles. The van der Waals surface area contributed by atoms with Gasteiger partial charge in [0.1, 0.15) is 0 Å². The lowest BCUT2D eigenvalue weighted by molar-refractivity contribution is 0.0596. The fraction of sp³-hybridized carbons (Fsp3) is 0.733. The van der Waals surface area contributed by atoms with Crippen molar-refractivity contribution < 1.29 is 9.21 Å². The van der Waals surface area contributed by atoms with Gasteiger partial charge in [-0.3, -0.25) is 4.79 Å². The van der Waals surface area contributed by atoms with Crippen LogP contribution in [0.2, 0.25) is 0 Å². The summed E-state index contributed by atoms with van der Waals surface area (Å²) in [6.07, 6.45) is 4.60. The van der Waals surface area contributed by atoms with Crippen molar-refractivity contribution in [1.82, 2.24) is 15.2 Å². The van der Waals surface area contributed by atoms with Gasteiger partial charge < -0.3 is 14.6 Å². The summed E-state index contributed by atoms with van der Waals surface area (Å²) in [4.78, 5) is 18.9. The van der Waals surface area contributed by atoms with Crippen molar-refractivity contribution in [1.29, 1.82) is 0 Å². The minimum absolute atomic E-state index is 0.00287. The number of oxazole rings is 1. The van der Waals surface area contributed by atoms with Crippen LogP contribution in [0, 0.1) is 13.8 Å². The van der Waals surface area contributed by atoms with Gasteiger partial charge in [0, 0.05) is 31.6 Å². The van der Waals surface area contributed by atoms with Crippen molar-refractivity contribution in [3.05, 3.63) is 17.3 Å². The third kappa shape index (κ3) is 2.35. The second-order valence-electron chi connectivity index (χ2n) is 6.00. The van der Waals surface area contributed by atoms with E-state index in [1.807, 2.05) is 18.7 Å². The molecule has 2 unspecified atom stereocenters. The smallest absolute Gasteiger partial charge is 0.291 e. The Bertz CT molecular complexity index is 499. The molecule has 2 bridgehead atoms. The van der Waals surface area contributed by atoms with Gasteiger partial charge in [0.2, 0.25) is 5.76 Å². The number of amides is 1. The molecule has 3 heterocycles. The van der Waals surface area contributed by atoms with E-state index < -0.39 is 0 Å². The molecular formula is C15H23N3O2. The van der Waals surface area contributed by atoms with Gasteiger partial charge >= 0.3 is 0 Å². The average Bonchev–Trinajstić information content (AvgIpc) is 2.92. The lowest BCUT2D eigenvalue weighted by Crippen LogP contribution is -2.50. The molecule has 1 aromatic heterocycles. The van der Waals surface area contributed by atoms with Crippen LogP contribution >= 0.6 is 0 Å². The SMILES string of the molecule is CCN(C(=O)c1oc(C)nc1C)C1CC2CCC(C1)N2. The first-order chi connectivity index (χ1) is 9.58. The molecule has 110 valence electrons. The van der Waals surface area contributed by atoms with Crippen molar-refractivity contribution in [2.45, 2.75) is 64.6 Å². The normalized spacial score (nSPS) is 28.6. The maximum absolute atomic E-state index is 12.7. The van der Waals surface area contributed by atoms with Crippen LogP contribution in [0.15, 0.2) is 4.42 Å². The Morgan fingerprint density at radius 3 is 2.50 bits per heavy atom. The van der Waals surface area contributed by atoms with Gasteiger partial charge in [-0.1, -0.05) is 0 Å². The molecule has 1 amide bonds. The third-order valence-electron chi connectivity index (χ3n) is 4.59. The number of nitrogens with one attached hydrogen (secondary N) is 1. The number of piperidine rings is 1. The van der Waals surface area contributed by atoms with Crippen LogP contribution in [-0.2, 0) is 0 Å². The minimum Gasteiger partial charge on any atom is -0.436 e. The first-order valence-electron chi connectivity index (χ1n) is 7.59. The number of carbonyl (C=O) groups is 1. The number of fused-ring (bicyclic) bond motifs is 2. The van der Waals surface area contributed by atoms with Crippen LogP contribution in [0.1, 0.15) is 54.7 Å². The molecule has 0 aliphatic carbocycles. The summed E-state index contributed by atoms with van der Waals surface area (Å²) < 4.78 is 5.50. The molecule has 2 saturated heterocycles. The van der Waals surface area contributed by atoms with Crippen molar-refractivity contribution >= 4 is 5.91 Å². The number of hydrogen-bond donors (Lipinski definition) is 1. The zero-order valence-corrected chi connectivity index (χ0v) is 12.5. The molecule has 20 heavy (non-hydrogen) atoms.